The predicted octanol–water partition coefficient (Wildman–Crippen LogP) is 12.1. The lowest BCUT2D eigenvalue weighted by Crippen LogP contribution is -2.41. The van der Waals surface area contributed by atoms with E-state index < -0.39 is 0 Å². The number of rotatable bonds is 14. The summed E-state index contributed by atoms with van der Waals surface area (Å²) in [6.07, 6.45) is 15.4. The van der Waals surface area contributed by atoms with Crippen molar-refractivity contribution in [2.24, 2.45) is 14.1 Å². The first-order valence-corrected chi connectivity index (χ1v) is 28.6. The standard InChI is InChI=1S/C26H31N7OS.C24H35BN2O3S.C8H8ClN5/c1-7-20(31-23(34)22-14-28-24(35-22)26(3,4)5)19-9-8-17(12-16(19)2)21-10-11-27-25(32-21)30-18-13-29-33(6)15-18;1-10-18(27-20(28)19-14-26-21(31-19)22(3,4)5)17-12-11-16(13-15(17)2)25-29-23(6,7)24(8,9)30-25;1-14-5-6(4-11-14)12-8-10-3-2-7(9)13-8/h8-15,20H,7H2,1-6H3,(H,31,34)(H,27,30,32);11-14,18H,10H2,1-9H3,(H,27,28);2-5H,1H3,(H,10,12,13). The van der Waals surface area contributed by atoms with Crippen LogP contribution in [0.15, 0.2) is 98.1 Å². The van der Waals surface area contributed by atoms with Gasteiger partial charge in [-0.2, -0.15) is 10.2 Å². The third-order valence-corrected chi connectivity index (χ3v) is 16.6. The molecule has 1 aliphatic heterocycles. The van der Waals surface area contributed by atoms with Crippen LogP contribution in [0.1, 0.15) is 160 Å². The maximum Gasteiger partial charge on any atom is 0.494 e. The van der Waals surface area contributed by atoms with Gasteiger partial charge in [0.25, 0.3) is 11.8 Å². The highest BCUT2D eigenvalue weighted by Crippen LogP contribution is 2.37. The minimum atomic E-state index is -0.388. The van der Waals surface area contributed by atoms with Gasteiger partial charge in [-0.1, -0.05) is 97.3 Å². The van der Waals surface area contributed by atoms with Crippen LogP contribution in [0.25, 0.3) is 11.3 Å². The Morgan fingerprint density at radius 2 is 1.11 bits per heavy atom. The molecule has 22 heteroatoms. The maximum atomic E-state index is 12.9. The van der Waals surface area contributed by atoms with Crippen molar-refractivity contribution in [2.45, 2.75) is 144 Å². The number of anilines is 4. The quantitative estimate of drug-likeness (QED) is 0.0589. The molecule has 422 valence electrons. The van der Waals surface area contributed by atoms with E-state index >= 15 is 0 Å². The second-order valence-electron chi connectivity index (χ2n) is 22.7. The monoisotopic (exact) mass is 1140 g/mol. The molecule has 2 atom stereocenters. The Hall–Kier alpha value is -6.91. The molecule has 1 fully saturated rings. The SMILES string of the molecule is CCC(NC(=O)c1cnc(C(C)(C)C)s1)c1ccc(-c2ccnc(Nc3cnn(C)c3)n2)cc1C.CCC(NC(=O)c1cnc(C(C)(C)C)s1)c1ccc(B2OC(C)(C)C(C)(C)O2)cc1C.Cn1cc(Nc2nccc(Cl)n2)cn1. The second kappa shape index (κ2) is 25.3. The highest BCUT2D eigenvalue weighted by atomic mass is 35.5. The lowest BCUT2D eigenvalue weighted by molar-refractivity contribution is 0.00578. The molecule has 0 aliphatic carbocycles. The van der Waals surface area contributed by atoms with Gasteiger partial charge < -0.3 is 30.6 Å². The smallest absolute Gasteiger partial charge is 0.399 e. The number of halogens is 1. The number of hydrogen-bond donors (Lipinski definition) is 4. The Kier molecular flexibility index (Phi) is 19.2. The van der Waals surface area contributed by atoms with Crippen molar-refractivity contribution in [2.75, 3.05) is 10.6 Å². The number of aryl methyl sites for hydroxylation is 4. The third kappa shape index (κ3) is 15.5. The average molecular weight is 1140 g/mol. The van der Waals surface area contributed by atoms with E-state index in [1.54, 1.807) is 52.6 Å². The van der Waals surface area contributed by atoms with Gasteiger partial charge in [0, 0.05) is 55.3 Å². The fraction of sp³-hybridized carbons (Fsp3) is 0.414. The molecule has 2 amide bonds. The first kappa shape index (κ1) is 60.7. The van der Waals surface area contributed by atoms with Gasteiger partial charge in [-0.15, -0.1) is 22.7 Å². The largest absolute Gasteiger partial charge is 0.494 e. The van der Waals surface area contributed by atoms with E-state index in [1.165, 1.54) is 22.7 Å². The van der Waals surface area contributed by atoms with Crippen LogP contribution in [0.5, 0.6) is 0 Å². The molecule has 0 radical (unpaired) electrons. The Labute approximate surface area is 483 Å². The summed E-state index contributed by atoms with van der Waals surface area (Å²) in [5.74, 6) is 0.810. The molecule has 1 saturated heterocycles. The molecular weight excluding hydrogens is 1070 g/mol. The second-order valence-corrected chi connectivity index (χ2v) is 25.2. The molecule has 2 unspecified atom stereocenters. The van der Waals surface area contributed by atoms with Crippen LogP contribution in [-0.2, 0) is 34.2 Å². The summed E-state index contributed by atoms with van der Waals surface area (Å²) < 4.78 is 15.8. The van der Waals surface area contributed by atoms with Crippen molar-refractivity contribution >= 4 is 81.9 Å². The van der Waals surface area contributed by atoms with E-state index in [2.05, 4.69) is 183 Å². The summed E-state index contributed by atoms with van der Waals surface area (Å²) in [7, 11) is 3.31. The van der Waals surface area contributed by atoms with Crippen LogP contribution >= 0.6 is 34.3 Å². The Morgan fingerprint density at radius 1 is 0.650 bits per heavy atom. The normalized spacial score (nSPS) is 14.5. The van der Waals surface area contributed by atoms with Gasteiger partial charge in [0.2, 0.25) is 11.9 Å². The fourth-order valence-electron chi connectivity index (χ4n) is 8.36. The Balaban J connectivity index is 0.000000188. The number of amides is 2. The number of thiazole rings is 2. The number of carbonyl (C=O) groups is 2. The summed E-state index contributed by atoms with van der Waals surface area (Å²) in [6.45, 7) is 29.1. The lowest BCUT2D eigenvalue weighted by Gasteiger charge is -2.32. The van der Waals surface area contributed by atoms with E-state index in [1.807, 2.05) is 44.7 Å². The van der Waals surface area contributed by atoms with Crippen LogP contribution in [0.4, 0.5) is 23.3 Å². The van der Waals surface area contributed by atoms with Gasteiger partial charge >= 0.3 is 7.12 Å². The van der Waals surface area contributed by atoms with Crippen LogP contribution in [0, 0.1) is 13.8 Å². The summed E-state index contributed by atoms with van der Waals surface area (Å²) >= 11 is 8.62. The average Bonchev–Trinajstić information content (AvgIpc) is 4.27. The first-order valence-electron chi connectivity index (χ1n) is 26.6. The molecule has 1 aliphatic rings. The molecule has 2 aromatic carbocycles. The molecule has 6 aromatic heterocycles. The summed E-state index contributed by atoms with van der Waals surface area (Å²) in [6, 6.07) is 15.8. The van der Waals surface area contributed by atoms with Crippen molar-refractivity contribution in [1.29, 1.82) is 0 Å². The summed E-state index contributed by atoms with van der Waals surface area (Å²) in [4.78, 5) is 53.0. The molecule has 9 rings (SSSR count). The number of hydrogen-bond acceptors (Lipinski definition) is 16. The molecule has 18 nitrogen and oxygen atoms in total. The lowest BCUT2D eigenvalue weighted by atomic mass is 9.77. The van der Waals surface area contributed by atoms with Gasteiger partial charge in [-0.25, -0.2) is 29.9 Å². The van der Waals surface area contributed by atoms with Crippen LogP contribution in [-0.4, -0.2) is 79.6 Å². The summed E-state index contributed by atoms with van der Waals surface area (Å²) in [5.41, 5.74) is 7.98. The minimum absolute atomic E-state index is 0.0622. The molecule has 0 saturated carbocycles. The van der Waals surface area contributed by atoms with Crippen molar-refractivity contribution in [3.05, 3.63) is 145 Å². The Bertz CT molecular complexity index is 3400. The van der Waals surface area contributed by atoms with Crippen LogP contribution in [0.3, 0.4) is 0 Å². The zero-order valence-electron chi connectivity index (χ0n) is 48.7. The van der Waals surface area contributed by atoms with E-state index in [0.717, 1.165) is 73.2 Å². The number of nitrogens with zero attached hydrogens (tertiary/aromatic N) is 10. The van der Waals surface area contributed by atoms with Crippen LogP contribution < -0.4 is 26.7 Å². The molecule has 0 bridgehead atoms. The summed E-state index contributed by atoms with van der Waals surface area (Å²) in [5, 5.41) is 23.0. The highest BCUT2D eigenvalue weighted by Gasteiger charge is 2.51. The number of aromatic nitrogens is 10. The van der Waals surface area contributed by atoms with Crippen molar-refractivity contribution in [1.82, 2.24) is 60.1 Å². The number of benzene rings is 2. The van der Waals surface area contributed by atoms with Gasteiger partial charge in [0.05, 0.1) is 75.2 Å². The number of carbonyl (C=O) groups excluding carboxylic acids is 2. The van der Waals surface area contributed by atoms with Gasteiger partial charge in [0.15, 0.2) is 0 Å². The molecule has 4 N–H and O–H groups in total. The van der Waals surface area contributed by atoms with E-state index in [4.69, 9.17) is 20.9 Å². The van der Waals surface area contributed by atoms with E-state index in [9.17, 15) is 9.59 Å². The zero-order valence-corrected chi connectivity index (χ0v) is 51.1. The van der Waals surface area contributed by atoms with Crippen molar-refractivity contribution < 1.29 is 18.9 Å². The van der Waals surface area contributed by atoms with Crippen molar-refractivity contribution in [3.8, 4) is 11.3 Å². The van der Waals surface area contributed by atoms with E-state index in [0.29, 0.717) is 26.8 Å². The first-order chi connectivity index (χ1) is 37.6. The highest BCUT2D eigenvalue weighted by molar-refractivity contribution is 7.14. The molecular formula is C58H74BClN14O4S2. The molecule has 0 spiro atoms. The maximum absolute atomic E-state index is 12.9. The van der Waals surface area contributed by atoms with Crippen molar-refractivity contribution in [3.63, 3.8) is 0 Å². The van der Waals surface area contributed by atoms with E-state index in [-0.39, 0.29) is 53.0 Å². The van der Waals surface area contributed by atoms with Gasteiger partial charge in [0.1, 0.15) is 14.9 Å². The van der Waals surface area contributed by atoms with Crippen LogP contribution in [0.2, 0.25) is 5.15 Å². The molecule has 8 aromatic rings. The predicted molar refractivity (Wildman–Crippen MR) is 322 cm³/mol. The Morgan fingerprint density at radius 3 is 1.52 bits per heavy atom. The molecule has 80 heavy (non-hydrogen) atoms. The topological polar surface area (TPSA) is 214 Å². The molecule has 7 heterocycles. The van der Waals surface area contributed by atoms with Gasteiger partial charge in [-0.3, -0.25) is 19.0 Å². The third-order valence-electron chi connectivity index (χ3n) is 13.5. The minimum Gasteiger partial charge on any atom is -0.399 e. The number of nitrogens with one attached hydrogen (secondary N) is 4. The zero-order chi connectivity index (χ0) is 58.3. The fourth-order valence-corrected chi connectivity index (χ4v) is 10.2. The van der Waals surface area contributed by atoms with Gasteiger partial charge in [-0.05, 0) is 100 Å².